The van der Waals surface area contributed by atoms with Gasteiger partial charge in [0.1, 0.15) is 0 Å². The number of halogens is 2. The summed E-state index contributed by atoms with van der Waals surface area (Å²) < 4.78 is 48.0. The molecule has 37 heavy (non-hydrogen) atoms. The molecule has 0 bridgehead atoms. The zero-order valence-electron chi connectivity index (χ0n) is 21.8. The fraction of sp³-hybridized carbons (Fsp3) is 0.667. The summed E-state index contributed by atoms with van der Waals surface area (Å²) >= 11 is 0. The van der Waals surface area contributed by atoms with E-state index in [4.69, 9.17) is 10.5 Å². The Morgan fingerprint density at radius 3 is 2.46 bits per heavy atom. The number of anilines is 1. The topological polar surface area (TPSA) is 103 Å². The number of carbonyl (C=O) groups is 1. The predicted molar refractivity (Wildman–Crippen MR) is 142 cm³/mol. The maximum atomic E-state index is 13.4. The van der Waals surface area contributed by atoms with E-state index in [0.717, 1.165) is 50.0 Å². The third-order valence-corrected chi connectivity index (χ3v) is 10.9. The second-order valence-electron chi connectivity index (χ2n) is 11.8. The molecule has 3 unspecified atom stereocenters. The summed E-state index contributed by atoms with van der Waals surface area (Å²) in [6.45, 7) is 4.99. The molecule has 2 aliphatic heterocycles. The molecule has 2 aliphatic carbocycles. The summed E-state index contributed by atoms with van der Waals surface area (Å²) in [7, 11) is -2.88. The van der Waals surface area contributed by atoms with Crippen LogP contribution in [0.2, 0.25) is 0 Å². The van der Waals surface area contributed by atoms with E-state index in [-0.39, 0.29) is 30.3 Å². The number of nitrogens with two attached hydrogens (primary N) is 1. The van der Waals surface area contributed by atoms with Gasteiger partial charge in [-0.1, -0.05) is 11.6 Å². The zero-order valence-corrected chi connectivity index (χ0v) is 22.6. The number of hydrogen-bond donors (Lipinski definition) is 3. The van der Waals surface area contributed by atoms with Crippen molar-refractivity contribution in [2.45, 2.75) is 87.1 Å². The largest absolute Gasteiger partial charge is 0.371 e. The Kier molecular flexibility index (Phi) is 6.90. The molecule has 1 amide bonds. The number of nitrogens with one attached hydrogen (secondary N) is 2. The van der Waals surface area contributed by atoms with Crippen molar-refractivity contribution in [1.82, 2.24) is 10.2 Å². The third kappa shape index (κ3) is 5.86. The predicted octanol–water partition coefficient (Wildman–Crippen LogP) is 4.33. The molecular weight excluding hydrogens is 496 g/mol. The quantitative estimate of drug-likeness (QED) is 0.323. The van der Waals surface area contributed by atoms with Gasteiger partial charge in [0.05, 0.1) is 40.2 Å². The van der Waals surface area contributed by atoms with Crippen LogP contribution in [0.4, 0.5) is 14.5 Å². The highest BCUT2D eigenvalue weighted by Crippen LogP contribution is 2.54. The Hall–Kier alpha value is -2.04. The van der Waals surface area contributed by atoms with E-state index in [2.05, 4.69) is 10.2 Å². The van der Waals surface area contributed by atoms with Gasteiger partial charge in [-0.2, -0.15) is 0 Å². The van der Waals surface area contributed by atoms with E-state index < -0.39 is 21.8 Å². The first-order valence-electron chi connectivity index (χ1n) is 13.4. The van der Waals surface area contributed by atoms with E-state index >= 15 is 0 Å². The lowest BCUT2D eigenvalue weighted by molar-refractivity contribution is -0.137. The number of amides is 1. The molecule has 3 atom stereocenters. The molecule has 2 saturated carbocycles. The highest BCUT2D eigenvalue weighted by atomic mass is 32.2. The molecule has 4 N–H and O–H groups in total. The summed E-state index contributed by atoms with van der Waals surface area (Å²) in [5.74, 6) is -2.90. The minimum absolute atomic E-state index is 0.0933. The molecule has 5 rings (SSSR count). The molecule has 2 heterocycles. The van der Waals surface area contributed by atoms with Gasteiger partial charge in [0.2, 0.25) is 0 Å². The van der Waals surface area contributed by atoms with Gasteiger partial charge in [-0.3, -0.25) is 9.69 Å². The average Bonchev–Trinajstić information content (AvgIpc) is 3.73. The van der Waals surface area contributed by atoms with Crippen molar-refractivity contribution in [3.05, 3.63) is 35.4 Å². The summed E-state index contributed by atoms with van der Waals surface area (Å²) in [5.41, 5.74) is 8.89. The lowest BCUT2D eigenvalue weighted by Crippen LogP contribution is -2.58. The number of piperidine rings is 1. The molecule has 4 fully saturated rings. The molecule has 1 aromatic rings. The van der Waals surface area contributed by atoms with Crippen molar-refractivity contribution in [3.8, 4) is 0 Å². The summed E-state index contributed by atoms with van der Waals surface area (Å²) in [6.07, 6.45) is 8.04. The Morgan fingerprint density at radius 1 is 1.24 bits per heavy atom. The Bertz CT molecular complexity index is 1180. The monoisotopic (exact) mass is 535 g/mol. The van der Waals surface area contributed by atoms with Crippen molar-refractivity contribution in [1.29, 1.82) is 4.78 Å². The van der Waals surface area contributed by atoms with Crippen LogP contribution in [0.25, 0.3) is 0 Å². The van der Waals surface area contributed by atoms with Crippen molar-refractivity contribution < 1.29 is 17.8 Å². The summed E-state index contributed by atoms with van der Waals surface area (Å²) in [5, 5.41) is 2.80. The second kappa shape index (κ2) is 9.61. The molecule has 0 aromatic heterocycles. The first-order chi connectivity index (χ1) is 17.4. The molecule has 2 saturated heterocycles. The van der Waals surface area contributed by atoms with Crippen molar-refractivity contribution in [2.24, 2.45) is 11.1 Å². The van der Waals surface area contributed by atoms with E-state index in [1.54, 1.807) is 23.1 Å². The van der Waals surface area contributed by atoms with Gasteiger partial charge in [-0.05, 0) is 76.0 Å². The summed E-state index contributed by atoms with van der Waals surface area (Å²) in [6, 6.07) is 5.04. The number of alkyl halides is 2. The van der Waals surface area contributed by atoms with Crippen LogP contribution in [-0.4, -0.2) is 64.6 Å². The van der Waals surface area contributed by atoms with Crippen LogP contribution in [0.5, 0.6) is 0 Å². The van der Waals surface area contributed by atoms with Crippen molar-refractivity contribution in [2.75, 3.05) is 31.1 Å². The Labute approximate surface area is 218 Å². The van der Waals surface area contributed by atoms with Gasteiger partial charge in [0.25, 0.3) is 11.8 Å². The van der Waals surface area contributed by atoms with Crippen molar-refractivity contribution in [3.63, 3.8) is 0 Å². The number of hydrogen-bond acceptors (Lipinski definition) is 6. The van der Waals surface area contributed by atoms with Gasteiger partial charge in [-0.15, -0.1) is 0 Å². The number of carbonyl (C=O) groups excluding carboxylic acids is 1. The molecule has 1 aromatic carbocycles. The van der Waals surface area contributed by atoms with E-state index in [1.165, 1.54) is 12.8 Å². The molecular formula is C27H39F2N5O2S. The SMILES string of the molecule is C/C(=C/C(C)N1CC(F)(F)C1)CC(N)NC(=O)c1ccc(S(=N)(=O)C2CC2)cc1N1CCC2(CC1)CC2. The van der Waals surface area contributed by atoms with Gasteiger partial charge < -0.3 is 16.0 Å². The maximum absolute atomic E-state index is 13.4. The van der Waals surface area contributed by atoms with Gasteiger partial charge in [0.15, 0.2) is 0 Å². The van der Waals surface area contributed by atoms with Crippen LogP contribution in [-0.2, 0) is 9.73 Å². The Balaban J connectivity index is 1.28. The van der Waals surface area contributed by atoms with E-state index in [0.29, 0.717) is 22.3 Å². The highest BCUT2D eigenvalue weighted by Gasteiger charge is 2.46. The molecule has 4 aliphatic rings. The highest BCUT2D eigenvalue weighted by molar-refractivity contribution is 7.93. The maximum Gasteiger partial charge on any atom is 0.272 e. The number of benzene rings is 1. The molecule has 204 valence electrons. The normalized spacial score (nSPS) is 26.2. The van der Waals surface area contributed by atoms with Crippen molar-refractivity contribution >= 4 is 21.3 Å². The van der Waals surface area contributed by atoms with Crippen LogP contribution in [0.15, 0.2) is 34.7 Å². The lowest BCUT2D eigenvalue weighted by Gasteiger charge is -2.41. The average molecular weight is 536 g/mol. The molecule has 7 nitrogen and oxygen atoms in total. The number of likely N-dealkylation sites (tertiary alicyclic amines) is 1. The second-order valence-corrected chi connectivity index (χ2v) is 14.1. The smallest absolute Gasteiger partial charge is 0.272 e. The fourth-order valence-corrected chi connectivity index (χ4v) is 7.45. The standard InChI is InChI=1S/C27H39F2N5O2S/c1-18(13-19(2)34-16-27(28,29)17-34)14-24(30)32-25(35)22-6-5-21(37(31,36)20-3-4-20)15-23(22)33-11-9-26(7-8-26)10-12-33/h5-6,13,15,19-20,24,31H,3-4,7-12,14,16-17,30H2,1-2H3,(H,32,35)/b18-13-. The fourth-order valence-electron chi connectivity index (χ4n) is 5.71. The Morgan fingerprint density at radius 2 is 1.89 bits per heavy atom. The van der Waals surface area contributed by atoms with E-state index in [9.17, 15) is 17.8 Å². The molecule has 0 radical (unpaired) electrons. The molecule has 1 spiro atoms. The van der Waals surface area contributed by atoms with Crippen LogP contribution in [0, 0.1) is 10.2 Å². The van der Waals surface area contributed by atoms with Crippen LogP contribution in [0.1, 0.15) is 69.2 Å². The minimum Gasteiger partial charge on any atom is -0.371 e. The van der Waals surface area contributed by atoms with Gasteiger partial charge in [0, 0.05) is 35.7 Å². The molecule has 10 heteroatoms. The van der Waals surface area contributed by atoms with Crippen LogP contribution in [0.3, 0.4) is 0 Å². The van der Waals surface area contributed by atoms with E-state index in [1.807, 2.05) is 19.9 Å². The van der Waals surface area contributed by atoms with Gasteiger partial charge >= 0.3 is 0 Å². The van der Waals surface area contributed by atoms with Gasteiger partial charge in [-0.25, -0.2) is 17.8 Å². The zero-order chi connectivity index (χ0) is 26.6. The summed E-state index contributed by atoms with van der Waals surface area (Å²) in [4.78, 5) is 17.8. The first kappa shape index (κ1) is 26.6. The number of nitrogens with zero attached hydrogens (tertiary/aromatic N) is 2. The number of rotatable bonds is 9. The van der Waals surface area contributed by atoms with Crippen LogP contribution >= 0.6 is 0 Å². The minimum atomic E-state index is -2.88. The third-order valence-electron chi connectivity index (χ3n) is 8.51. The first-order valence-corrected chi connectivity index (χ1v) is 15.0. The van der Waals surface area contributed by atoms with Crippen LogP contribution < -0.4 is 16.0 Å². The lowest BCUT2D eigenvalue weighted by atomic mass is 9.93.